The number of nitrogens with zero attached hydrogens (tertiary/aromatic N) is 2. The molecule has 1 heterocycles. The summed E-state index contributed by atoms with van der Waals surface area (Å²) in [5.74, 6) is -1.86. The monoisotopic (exact) mass is 328 g/mol. The summed E-state index contributed by atoms with van der Waals surface area (Å²) in [6, 6.07) is 3.77. The zero-order chi connectivity index (χ0) is 16.8. The van der Waals surface area contributed by atoms with Gasteiger partial charge in [0.2, 0.25) is 5.91 Å². The van der Waals surface area contributed by atoms with Crippen molar-refractivity contribution < 1.29 is 23.8 Å². The maximum Gasteiger partial charge on any atom is 0.224 e. The third-order valence-electron chi connectivity index (χ3n) is 4.12. The van der Waals surface area contributed by atoms with Crippen LogP contribution in [0.4, 0.5) is 8.78 Å². The zero-order valence-corrected chi connectivity index (χ0v) is 12.9. The fourth-order valence-corrected chi connectivity index (χ4v) is 2.88. The number of halogens is 2. The van der Waals surface area contributed by atoms with Gasteiger partial charge < -0.3 is 15.1 Å². The van der Waals surface area contributed by atoms with Crippen molar-refractivity contribution in [3.05, 3.63) is 35.4 Å². The van der Waals surface area contributed by atoms with Crippen LogP contribution in [0.25, 0.3) is 0 Å². The second-order valence-corrected chi connectivity index (χ2v) is 5.70. The molecule has 1 aliphatic rings. The smallest absolute Gasteiger partial charge is 0.224 e. The highest BCUT2D eigenvalue weighted by molar-refractivity contribution is 5.76. The Morgan fingerprint density at radius 2 is 1.96 bits per heavy atom. The highest BCUT2D eigenvalue weighted by Gasteiger charge is 2.29. The van der Waals surface area contributed by atoms with Gasteiger partial charge in [0.1, 0.15) is 0 Å². The van der Waals surface area contributed by atoms with E-state index >= 15 is 0 Å². The summed E-state index contributed by atoms with van der Waals surface area (Å²) in [6.45, 7) is 1.80. The Balaban J connectivity index is 2.03. The molecule has 5 nitrogen and oxygen atoms in total. The van der Waals surface area contributed by atoms with Crippen molar-refractivity contribution in [3.8, 4) is 0 Å². The molecule has 2 rings (SSSR count). The van der Waals surface area contributed by atoms with Gasteiger partial charge in [-0.2, -0.15) is 0 Å². The number of hydrogen-bond acceptors (Lipinski definition) is 4. The van der Waals surface area contributed by atoms with E-state index in [1.807, 2.05) is 0 Å². The predicted octanol–water partition coefficient (Wildman–Crippen LogP) is 0.742. The molecule has 0 saturated carbocycles. The van der Waals surface area contributed by atoms with Crippen LogP contribution in [0.1, 0.15) is 18.4 Å². The normalized spacial score (nSPS) is 19.1. The van der Waals surface area contributed by atoms with E-state index in [-0.39, 0.29) is 31.6 Å². The van der Waals surface area contributed by atoms with E-state index in [4.69, 9.17) is 5.11 Å². The van der Waals surface area contributed by atoms with Crippen molar-refractivity contribution in [1.82, 2.24) is 9.80 Å². The number of benzene rings is 1. The van der Waals surface area contributed by atoms with E-state index in [0.717, 1.165) is 6.07 Å². The van der Waals surface area contributed by atoms with E-state index < -0.39 is 11.6 Å². The first-order chi connectivity index (χ1) is 11.0. The Hall–Kier alpha value is -1.57. The Kier molecular flexibility index (Phi) is 6.44. The molecule has 7 heteroatoms. The number of aliphatic hydroxyl groups is 2. The molecule has 1 aromatic carbocycles. The summed E-state index contributed by atoms with van der Waals surface area (Å²) in [5, 5.41) is 18.1. The van der Waals surface area contributed by atoms with Crippen molar-refractivity contribution in [1.29, 1.82) is 0 Å². The fourth-order valence-electron chi connectivity index (χ4n) is 2.88. The molecular formula is C16H22F2N2O3. The molecule has 0 spiro atoms. The maximum absolute atomic E-state index is 13.3. The lowest BCUT2D eigenvalue weighted by molar-refractivity contribution is -0.135. The number of aliphatic hydroxyl groups excluding tert-OH is 2. The van der Waals surface area contributed by atoms with Crippen molar-refractivity contribution >= 4 is 5.91 Å². The highest BCUT2D eigenvalue weighted by Crippen LogP contribution is 2.18. The van der Waals surface area contributed by atoms with Crippen LogP contribution in [0.5, 0.6) is 0 Å². The van der Waals surface area contributed by atoms with Crippen LogP contribution in [-0.4, -0.2) is 64.8 Å². The first-order valence-corrected chi connectivity index (χ1v) is 7.72. The van der Waals surface area contributed by atoms with Crippen LogP contribution in [0.2, 0.25) is 0 Å². The molecule has 128 valence electrons. The van der Waals surface area contributed by atoms with Gasteiger partial charge in [-0.1, -0.05) is 6.07 Å². The van der Waals surface area contributed by atoms with Crippen molar-refractivity contribution in [2.75, 3.05) is 32.8 Å². The Morgan fingerprint density at radius 1 is 1.17 bits per heavy atom. The molecule has 0 radical (unpaired) electrons. The molecular weight excluding hydrogens is 306 g/mol. The summed E-state index contributed by atoms with van der Waals surface area (Å²) in [5.41, 5.74) is 0.655. The molecule has 1 atom stereocenters. The quantitative estimate of drug-likeness (QED) is 0.809. The topological polar surface area (TPSA) is 64.0 Å². The van der Waals surface area contributed by atoms with Crippen LogP contribution in [0, 0.1) is 11.6 Å². The lowest BCUT2D eigenvalue weighted by atomic mass is 10.1. The van der Waals surface area contributed by atoms with Gasteiger partial charge in [-0.3, -0.25) is 9.69 Å². The Morgan fingerprint density at radius 3 is 2.61 bits per heavy atom. The number of amides is 1. The number of carbonyl (C=O) groups is 1. The minimum atomic E-state index is -0.877. The number of hydrogen-bond donors (Lipinski definition) is 2. The average Bonchev–Trinajstić information content (AvgIpc) is 2.53. The van der Waals surface area contributed by atoms with Crippen LogP contribution < -0.4 is 0 Å². The maximum atomic E-state index is 13.3. The van der Waals surface area contributed by atoms with Crippen molar-refractivity contribution in [3.63, 3.8) is 0 Å². The van der Waals surface area contributed by atoms with E-state index in [2.05, 4.69) is 4.90 Å². The van der Waals surface area contributed by atoms with Gasteiger partial charge in [0.05, 0.1) is 6.61 Å². The summed E-state index contributed by atoms with van der Waals surface area (Å²) in [7, 11) is 0. The first kappa shape index (κ1) is 17.8. The minimum absolute atomic E-state index is 0.0129. The highest BCUT2D eigenvalue weighted by atomic mass is 19.2. The van der Waals surface area contributed by atoms with Crippen molar-refractivity contribution in [2.24, 2.45) is 0 Å². The van der Waals surface area contributed by atoms with E-state index in [9.17, 15) is 18.7 Å². The second-order valence-electron chi connectivity index (χ2n) is 5.70. The van der Waals surface area contributed by atoms with Gasteiger partial charge in [0, 0.05) is 45.2 Å². The SMILES string of the molecule is O=C(CCO)N1CCN(Cc2ccc(F)c(F)c2)[C@@H](CCO)C1. The minimum Gasteiger partial charge on any atom is -0.396 e. The molecule has 2 N–H and O–H groups in total. The van der Waals surface area contributed by atoms with Gasteiger partial charge in [0.15, 0.2) is 11.6 Å². The summed E-state index contributed by atoms with van der Waals surface area (Å²) < 4.78 is 26.3. The van der Waals surface area contributed by atoms with Crippen LogP contribution in [0.3, 0.4) is 0 Å². The van der Waals surface area contributed by atoms with Gasteiger partial charge in [-0.25, -0.2) is 8.78 Å². The third-order valence-corrected chi connectivity index (χ3v) is 4.12. The van der Waals surface area contributed by atoms with Gasteiger partial charge >= 0.3 is 0 Å². The number of piperazine rings is 1. The molecule has 23 heavy (non-hydrogen) atoms. The molecule has 1 aliphatic heterocycles. The second kappa shape index (κ2) is 8.33. The van der Waals surface area contributed by atoms with Crippen molar-refractivity contribution in [2.45, 2.75) is 25.4 Å². The van der Waals surface area contributed by atoms with Crippen LogP contribution in [0.15, 0.2) is 18.2 Å². The van der Waals surface area contributed by atoms with E-state index in [0.29, 0.717) is 38.2 Å². The number of rotatable bonds is 6. The number of carbonyl (C=O) groups excluding carboxylic acids is 1. The van der Waals surface area contributed by atoms with E-state index in [1.165, 1.54) is 12.1 Å². The summed E-state index contributed by atoms with van der Waals surface area (Å²) in [6.07, 6.45) is 0.585. The van der Waals surface area contributed by atoms with Gasteiger partial charge in [-0.15, -0.1) is 0 Å². The van der Waals surface area contributed by atoms with Gasteiger partial charge in [-0.05, 0) is 24.1 Å². The fraction of sp³-hybridized carbons (Fsp3) is 0.562. The molecule has 0 aromatic heterocycles. The molecule has 1 fully saturated rings. The molecule has 0 aliphatic carbocycles. The predicted molar refractivity (Wildman–Crippen MR) is 80.5 cm³/mol. The largest absolute Gasteiger partial charge is 0.396 e. The Bertz CT molecular complexity index is 542. The standard InChI is InChI=1S/C16H22F2N2O3/c17-14-2-1-12(9-15(14)18)10-19-5-6-20(16(23)4-8-22)11-13(19)3-7-21/h1-2,9,13,21-22H,3-8,10-11H2/t13-/m0/s1. The summed E-state index contributed by atoms with van der Waals surface area (Å²) in [4.78, 5) is 15.6. The lowest BCUT2D eigenvalue weighted by Gasteiger charge is -2.41. The van der Waals surface area contributed by atoms with Crippen LogP contribution in [-0.2, 0) is 11.3 Å². The Labute approximate surface area is 134 Å². The third kappa shape index (κ3) is 4.70. The molecule has 1 amide bonds. The zero-order valence-electron chi connectivity index (χ0n) is 12.9. The molecule has 1 saturated heterocycles. The first-order valence-electron chi connectivity index (χ1n) is 7.72. The van der Waals surface area contributed by atoms with Crippen LogP contribution >= 0.6 is 0 Å². The molecule has 0 unspecified atom stereocenters. The van der Waals surface area contributed by atoms with E-state index in [1.54, 1.807) is 4.90 Å². The molecule has 1 aromatic rings. The average molecular weight is 328 g/mol. The lowest BCUT2D eigenvalue weighted by Crippen LogP contribution is -2.54. The van der Waals surface area contributed by atoms with Gasteiger partial charge in [0.25, 0.3) is 0 Å². The molecule has 0 bridgehead atoms. The summed E-state index contributed by atoms with van der Waals surface area (Å²) >= 11 is 0.